The first-order valence-corrected chi connectivity index (χ1v) is 11.1. The van der Waals surface area contributed by atoms with E-state index in [-0.39, 0.29) is 17.4 Å². The van der Waals surface area contributed by atoms with Gasteiger partial charge in [-0.2, -0.15) is 0 Å². The van der Waals surface area contributed by atoms with Crippen LogP contribution in [0.3, 0.4) is 0 Å². The van der Waals surface area contributed by atoms with Crippen molar-refractivity contribution in [1.82, 2.24) is 0 Å². The maximum Gasteiger partial charge on any atom is 0.132 e. The molecule has 0 radical (unpaired) electrons. The molecule has 1 N–H and O–H groups in total. The number of hydrogen-bond donors (Lipinski definition) is 1. The van der Waals surface area contributed by atoms with Gasteiger partial charge in [-0.05, 0) is 85.2 Å². The summed E-state index contributed by atoms with van der Waals surface area (Å²) in [6, 6.07) is 15.5. The van der Waals surface area contributed by atoms with Crippen LogP contribution in [0.5, 0.6) is 5.75 Å². The fourth-order valence-corrected chi connectivity index (χ4v) is 5.11. The molecule has 3 aromatic carbocycles. The molecule has 154 valence electrons. The highest BCUT2D eigenvalue weighted by molar-refractivity contribution is 9.10. The van der Waals surface area contributed by atoms with E-state index in [1.165, 1.54) is 30.5 Å². The molecule has 1 saturated carbocycles. The number of phenolic OH excluding ortho intramolecular Hbond substituents is 1. The molecule has 1 fully saturated rings. The molecule has 30 heavy (non-hydrogen) atoms. The Morgan fingerprint density at radius 1 is 0.967 bits per heavy atom. The highest BCUT2D eigenvalue weighted by atomic mass is 79.9. The molecule has 5 heteroatoms. The number of halogens is 3. The van der Waals surface area contributed by atoms with Gasteiger partial charge < -0.3 is 10.0 Å². The minimum Gasteiger partial charge on any atom is -0.508 e. The summed E-state index contributed by atoms with van der Waals surface area (Å²) < 4.78 is 30.6. The molecule has 2 atom stereocenters. The third-order valence-electron chi connectivity index (χ3n) is 6.25. The summed E-state index contributed by atoms with van der Waals surface area (Å²) in [7, 11) is 0. The van der Waals surface area contributed by atoms with Crippen LogP contribution in [-0.4, -0.2) is 11.1 Å². The Hall–Kier alpha value is -2.40. The van der Waals surface area contributed by atoms with Crippen LogP contribution in [-0.2, 0) is 6.42 Å². The molecule has 1 heterocycles. The summed E-state index contributed by atoms with van der Waals surface area (Å²) in [5.74, 6) is -0.350. The molecule has 1 aliphatic carbocycles. The van der Waals surface area contributed by atoms with Crippen molar-refractivity contribution in [3.05, 3.63) is 93.0 Å². The van der Waals surface area contributed by atoms with Gasteiger partial charge in [0.2, 0.25) is 0 Å². The Labute approximate surface area is 183 Å². The quantitative estimate of drug-likeness (QED) is 0.453. The zero-order valence-electron chi connectivity index (χ0n) is 16.6. The number of phenols is 1. The van der Waals surface area contributed by atoms with Crippen LogP contribution in [0.4, 0.5) is 14.5 Å². The van der Waals surface area contributed by atoms with E-state index in [0.29, 0.717) is 16.8 Å². The Morgan fingerprint density at radius 2 is 1.63 bits per heavy atom. The number of rotatable bonds is 3. The summed E-state index contributed by atoms with van der Waals surface area (Å²) >= 11 is 3.19. The summed E-state index contributed by atoms with van der Waals surface area (Å²) in [6.07, 6.45) is 3.15. The van der Waals surface area contributed by atoms with Crippen LogP contribution < -0.4 is 4.90 Å². The van der Waals surface area contributed by atoms with Gasteiger partial charge in [0.1, 0.15) is 17.4 Å². The van der Waals surface area contributed by atoms with Gasteiger partial charge in [-0.15, -0.1) is 0 Å². The average Bonchev–Trinajstić information content (AvgIpc) is 3.52. The monoisotopic (exact) mass is 469 g/mol. The predicted octanol–water partition coefficient (Wildman–Crippen LogP) is 6.85. The van der Waals surface area contributed by atoms with Gasteiger partial charge in [0.05, 0.1) is 11.6 Å². The van der Waals surface area contributed by atoms with Crippen molar-refractivity contribution < 1.29 is 13.9 Å². The number of benzene rings is 3. The van der Waals surface area contributed by atoms with E-state index < -0.39 is 17.7 Å². The van der Waals surface area contributed by atoms with E-state index in [9.17, 15) is 5.11 Å². The van der Waals surface area contributed by atoms with Crippen molar-refractivity contribution in [3.8, 4) is 5.75 Å². The normalized spacial score (nSPS) is 20.9. The van der Waals surface area contributed by atoms with Crippen molar-refractivity contribution in [2.45, 2.75) is 44.2 Å². The summed E-state index contributed by atoms with van der Waals surface area (Å²) in [5, 5.41) is 9.98. The van der Waals surface area contributed by atoms with E-state index in [1.807, 2.05) is 0 Å². The standard InChI is InChI=1S/C25H22BrF2NO/c1-14-10-17-11-20(30)8-9-21(17)25(24-22(27)12-18(26)13-23(24)28)29(14)19-6-4-16(5-7-19)15-2-3-15/h4-9,11-15,25,30H,2-3,10H2,1H3/t14-,25+/m1/s1. The Morgan fingerprint density at radius 3 is 2.27 bits per heavy atom. The molecule has 5 rings (SSSR count). The SMILES string of the molecule is C[C@@H]1Cc2cc(O)ccc2[C@@H](c2c(F)cc(Br)cc2F)N1c1ccc(C2CC2)cc1. The fraction of sp³-hybridized carbons (Fsp3) is 0.280. The van der Waals surface area contributed by atoms with Gasteiger partial charge in [-0.1, -0.05) is 34.1 Å². The van der Waals surface area contributed by atoms with Crippen LogP contribution in [0.25, 0.3) is 0 Å². The smallest absolute Gasteiger partial charge is 0.132 e. The second-order valence-electron chi connectivity index (χ2n) is 8.39. The molecular weight excluding hydrogens is 448 g/mol. The molecule has 0 aromatic heterocycles. The molecule has 1 aliphatic heterocycles. The number of fused-ring (bicyclic) bond motifs is 1. The number of aromatic hydroxyl groups is 1. The van der Waals surface area contributed by atoms with E-state index in [4.69, 9.17) is 0 Å². The van der Waals surface area contributed by atoms with Crippen molar-refractivity contribution in [2.75, 3.05) is 4.90 Å². The van der Waals surface area contributed by atoms with Gasteiger partial charge >= 0.3 is 0 Å². The Bertz CT molecular complexity index is 1090. The Kier molecular flexibility index (Phi) is 4.81. The minimum absolute atomic E-state index is 0.00137. The lowest BCUT2D eigenvalue weighted by atomic mass is 9.84. The van der Waals surface area contributed by atoms with Crippen LogP contribution in [0.1, 0.15) is 54.0 Å². The third kappa shape index (κ3) is 3.39. The summed E-state index contributed by atoms with van der Waals surface area (Å²) in [6.45, 7) is 2.06. The van der Waals surface area contributed by atoms with E-state index in [2.05, 4.69) is 52.0 Å². The maximum absolute atomic E-state index is 15.1. The summed E-state index contributed by atoms with van der Waals surface area (Å²) in [4.78, 5) is 2.10. The summed E-state index contributed by atoms with van der Waals surface area (Å²) in [5.41, 5.74) is 4.03. The van der Waals surface area contributed by atoms with Crippen LogP contribution in [0, 0.1) is 11.6 Å². The second-order valence-corrected chi connectivity index (χ2v) is 9.31. The maximum atomic E-state index is 15.1. The first kappa shape index (κ1) is 19.6. The lowest BCUT2D eigenvalue weighted by molar-refractivity contribution is 0.466. The molecular formula is C25H22BrF2NO. The molecule has 0 amide bonds. The number of hydrogen-bond acceptors (Lipinski definition) is 2. The first-order chi connectivity index (χ1) is 14.4. The van der Waals surface area contributed by atoms with Crippen LogP contribution in [0.2, 0.25) is 0 Å². The van der Waals surface area contributed by atoms with Gasteiger partial charge in [0.15, 0.2) is 0 Å². The molecule has 3 aromatic rings. The van der Waals surface area contributed by atoms with E-state index >= 15 is 8.78 Å². The van der Waals surface area contributed by atoms with Gasteiger partial charge in [0.25, 0.3) is 0 Å². The van der Waals surface area contributed by atoms with Crippen LogP contribution >= 0.6 is 15.9 Å². The van der Waals surface area contributed by atoms with Crippen molar-refractivity contribution in [1.29, 1.82) is 0 Å². The van der Waals surface area contributed by atoms with Gasteiger partial charge in [-0.3, -0.25) is 0 Å². The zero-order chi connectivity index (χ0) is 21.0. The lowest BCUT2D eigenvalue weighted by Crippen LogP contribution is -2.43. The molecule has 2 nitrogen and oxygen atoms in total. The highest BCUT2D eigenvalue weighted by Gasteiger charge is 2.37. The second kappa shape index (κ2) is 7.38. The largest absolute Gasteiger partial charge is 0.508 e. The van der Waals surface area contributed by atoms with Gasteiger partial charge in [0, 0.05) is 16.2 Å². The van der Waals surface area contributed by atoms with E-state index in [1.54, 1.807) is 18.2 Å². The average molecular weight is 470 g/mol. The van der Waals surface area contributed by atoms with Crippen molar-refractivity contribution >= 4 is 21.6 Å². The minimum atomic E-state index is -0.621. The first-order valence-electron chi connectivity index (χ1n) is 10.3. The third-order valence-corrected chi connectivity index (χ3v) is 6.70. The fourth-order valence-electron chi connectivity index (χ4n) is 4.70. The number of anilines is 1. The molecule has 2 aliphatic rings. The zero-order valence-corrected chi connectivity index (χ0v) is 18.2. The molecule has 0 spiro atoms. The Balaban J connectivity index is 1.68. The molecule has 0 bridgehead atoms. The molecule has 0 saturated heterocycles. The molecule has 0 unspecified atom stereocenters. The van der Waals surface area contributed by atoms with Gasteiger partial charge in [-0.25, -0.2) is 8.78 Å². The highest BCUT2D eigenvalue weighted by Crippen LogP contribution is 2.45. The van der Waals surface area contributed by atoms with Crippen LogP contribution in [0.15, 0.2) is 59.1 Å². The van der Waals surface area contributed by atoms with Crippen molar-refractivity contribution in [3.63, 3.8) is 0 Å². The van der Waals surface area contributed by atoms with Crippen molar-refractivity contribution in [2.24, 2.45) is 0 Å². The van der Waals surface area contributed by atoms with E-state index in [0.717, 1.165) is 16.8 Å². The topological polar surface area (TPSA) is 23.5 Å². The number of nitrogens with zero attached hydrogens (tertiary/aromatic N) is 1. The predicted molar refractivity (Wildman–Crippen MR) is 118 cm³/mol. The lowest BCUT2D eigenvalue weighted by Gasteiger charge is -2.44.